The summed E-state index contributed by atoms with van der Waals surface area (Å²) in [6.45, 7) is 3.57. The van der Waals surface area contributed by atoms with Gasteiger partial charge in [0.1, 0.15) is 5.75 Å². The van der Waals surface area contributed by atoms with Gasteiger partial charge in [-0.1, -0.05) is 42.5 Å². The molecule has 0 N–H and O–H groups in total. The second kappa shape index (κ2) is 12.9. The highest BCUT2D eigenvalue weighted by Gasteiger charge is 2.29. The fraction of sp³-hybridized carbons (Fsp3) is 0.323. The van der Waals surface area contributed by atoms with Crippen LogP contribution in [0, 0.1) is 5.92 Å². The van der Waals surface area contributed by atoms with Crippen LogP contribution in [0.2, 0.25) is 0 Å². The minimum atomic E-state index is -0.259. The third kappa shape index (κ3) is 6.79. The van der Waals surface area contributed by atoms with Crippen molar-refractivity contribution < 1.29 is 23.9 Å². The van der Waals surface area contributed by atoms with Crippen LogP contribution in [0.15, 0.2) is 78.9 Å². The topological polar surface area (TPSA) is 76.2 Å². The molecule has 1 aliphatic heterocycles. The van der Waals surface area contributed by atoms with Gasteiger partial charge in [-0.25, -0.2) is 0 Å². The van der Waals surface area contributed by atoms with E-state index in [-0.39, 0.29) is 30.1 Å². The Morgan fingerprint density at radius 1 is 0.921 bits per heavy atom. The van der Waals surface area contributed by atoms with Crippen molar-refractivity contribution in [2.45, 2.75) is 32.7 Å². The summed E-state index contributed by atoms with van der Waals surface area (Å²) in [5.41, 5.74) is 3.16. The summed E-state index contributed by atoms with van der Waals surface area (Å²) in [5.74, 6) is 0.150. The Morgan fingerprint density at radius 3 is 2.26 bits per heavy atom. The zero-order valence-corrected chi connectivity index (χ0v) is 22.0. The predicted octanol–water partition coefficient (Wildman–Crippen LogP) is 4.89. The first kappa shape index (κ1) is 26.9. The SMILES string of the molecule is CCOC(=O)C1CCCN(C(=O)Cc2ccc(N(Cc3ccc(OC)cc3)C(=O)c3ccccc3)cc2)C1. The molecule has 1 atom stereocenters. The number of esters is 1. The van der Waals surface area contributed by atoms with E-state index in [1.807, 2.05) is 66.7 Å². The van der Waals surface area contributed by atoms with E-state index in [1.165, 1.54) is 0 Å². The number of likely N-dealkylation sites (tertiary alicyclic amines) is 1. The quantitative estimate of drug-likeness (QED) is 0.380. The van der Waals surface area contributed by atoms with Gasteiger partial charge >= 0.3 is 5.97 Å². The number of amides is 2. The Hall–Kier alpha value is -4.13. The maximum absolute atomic E-state index is 13.5. The number of anilines is 1. The van der Waals surface area contributed by atoms with Crippen molar-refractivity contribution in [3.63, 3.8) is 0 Å². The molecule has 4 rings (SSSR count). The molecule has 0 aliphatic carbocycles. The van der Waals surface area contributed by atoms with Gasteiger partial charge in [0.15, 0.2) is 0 Å². The molecule has 1 saturated heterocycles. The maximum atomic E-state index is 13.5. The highest BCUT2D eigenvalue weighted by Crippen LogP contribution is 2.24. The normalized spacial score (nSPS) is 15.0. The Kier molecular flexibility index (Phi) is 9.14. The zero-order valence-electron chi connectivity index (χ0n) is 22.0. The lowest BCUT2D eigenvalue weighted by Crippen LogP contribution is -2.43. The Labute approximate surface area is 224 Å². The molecule has 0 saturated carbocycles. The van der Waals surface area contributed by atoms with E-state index >= 15 is 0 Å². The van der Waals surface area contributed by atoms with E-state index in [1.54, 1.807) is 36.0 Å². The molecule has 1 aliphatic rings. The van der Waals surface area contributed by atoms with E-state index in [2.05, 4.69) is 0 Å². The average Bonchev–Trinajstić information content (AvgIpc) is 2.97. The van der Waals surface area contributed by atoms with Crippen molar-refractivity contribution in [2.75, 3.05) is 31.7 Å². The molecule has 1 fully saturated rings. The lowest BCUT2D eigenvalue weighted by molar-refractivity contribution is -0.151. The van der Waals surface area contributed by atoms with Crippen molar-refractivity contribution >= 4 is 23.5 Å². The van der Waals surface area contributed by atoms with Crippen molar-refractivity contribution in [1.29, 1.82) is 0 Å². The van der Waals surface area contributed by atoms with Crippen LogP contribution >= 0.6 is 0 Å². The number of benzene rings is 3. The molecule has 0 aromatic heterocycles. The number of carbonyl (C=O) groups excluding carboxylic acids is 3. The zero-order chi connectivity index (χ0) is 26.9. The van der Waals surface area contributed by atoms with Crippen molar-refractivity contribution in [1.82, 2.24) is 4.90 Å². The van der Waals surface area contributed by atoms with Crippen LogP contribution in [-0.2, 0) is 27.3 Å². The first-order valence-corrected chi connectivity index (χ1v) is 13.0. The molecule has 38 heavy (non-hydrogen) atoms. The average molecular weight is 515 g/mol. The summed E-state index contributed by atoms with van der Waals surface area (Å²) in [7, 11) is 1.62. The summed E-state index contributed by atoms with van der Waals surface area (Å²) in [6, 6.07) is 24.4. The fourth-order valence-electron chi connectivity index (χ4n) is 4.67. The molecular weight excluding hydrogens is 480 g/mol. The van der Waals surface area contributed by atoms with Gasteiger partial charge in [0, 0.05) is 24.3 Å². The summed E-state index contributed by atoms with van der Waals surface area (Å²) >= 11 is 0. The van der Waals surface area contributed by atoms with Gasteiger partial charge < -0.3 is 19.3 Å². The Balaban J connectivity index is 1.48. The molecule has 2 amide bonds. The third-order valence-corrected chi connectivity index (χ3v) is 6.76. The number of rotatable bonds is 9. The highest BCUT2D eigenvalue weighted by molar-refractivity contribution is 6.06. The standard InChI is InChI=1S/C31H34N2O5/c1-3-38-31(36)26-10-7-19-32(22-26)29(34)20-23-11-15-27(16-12-23)33(30(35)25-8-5-4-6-9-25)21-24-13-17-28(37-2)18-14-24/h4-6,8-9,11-18,26H,3,7,10,19-22H2,1-2H3. The van der Waals surface area contributed by atoms with Crippen molar-refractivity contribution in [3.05, 3.63) is 95.6 Å². The van der Waals surface area contributed by atoms with Crippen LogP contribution in [0.4, 0.5) is 5.69 Å². The van der Waals surface area contributed by atoms with Crippen LogP contribution in [0.25, 0.3) is 0 Å². The second-order valence-corrected chi connectivity index (χ2v) is 9.38. The largest absolute Gasteiger partial charge is 0.497 e. The van der Waals surface area contributed by atoms with Gasteiger partial charge in [-0.3, -0.25) is 14.4 Å². The van der Waals surface area contributed by atoms with Crippen molar-refractivity contribution in [2.24, 2.45) is 5.92 Å². The predicted molar refractivity (Wildman–Crippen MR) is 146 cm³/mol. The molecule has 1 heterocycles. The minimum Gasteiger partial charge on any atom is -0.497 e. The fourth-order valence-corrected chi connectivity index (χ4v) is 4.67. The van der Waals surface area contributed by atoms with Crippen LogP contribution in [0.1, 0.15) is 41.3 Å². The van der Waals surface area contributed by atoms with Crippen molar-refractivity contribution in [3.8, 4) is 5.75 Å². The summed E-state index contributed by atoms with van der Waals surface area (Å²) < 4.78 is 10.4. The number of nitrogens with zero attached hydrogens (tertiary/aromatic N) is 2. The Bertz CT molecular complexity index is 1230. The lowest BCUT2D eigenvalue weighted by Gasteiger charge is -2.31. The number of hydrogen-bond acceptors (Lipinski definition) is 5. The second-order valence-electron chi connectivity index (χ2n) is 9.38. The van der Waals surface area contributed by atoms with Gasteiger partial charge in [-0.15, -0.1) is 0 Å². The molecule has 0 spiro atoms. The van der Waals surface area contributed by atoms with E-state index in [4.69, 9.17) is 9.47 Å². The molecule has 7 nitrogen and oxygen atoms in total. The molecule has 3 aromatic rings. The number of ether oxygens (including phenoxy) is 2. The van der Waals surface area contributed by atoms with Gasteiger partial charge in [-0.05, 0) is 67.3 Å². The molecular formula is C31H34N2O5. The molecule has 198 valence electrons. The van der Waals surface area contributed by atoms with E-state index in [0.29, 0.717) is 31.8 Å². The Morgan fingerprint density at radius 2 is 1.61 bits per heavy atom. The smallest absolute Gasteiger partial charge is 0.310 e. The van der Waals surface area contributed by atoms with E-state index in [0.717, 1.165) is 35.4 Å². The van der Waals surface area contributed by atoms with Gasteiger partial charge in [0.2, 0.25) is 5.91 Å². The monoisotopic (exact) mass is 514 g/mol. The minimum absolute atomic E-state index is 0.0119. The van der Waals surface area contributed by atoms with E-state index < -0.39 is 0 Å². The number of hydrogen-bond donors (Lipinski definition) is 0. The molecule has 0 radical (unpaired) electrons. The summed E-state index contributed by atoms with van der Waals surface area (Å²) in [5, 5.41) is 0. The highest BCUT2D eigenvalue weighted by atomic mass is 16.5. The number of piperidine rings is 1. The van der Waals surface area contributed by atoms with Gasteiger partial charge in [0.25, 0.3) is 5.91 Å². The van der Waals surface area contributed by atoms with Crippen LogP contribution in [0.5, 0.6) is 5.75 Å². The maximum Gasteiger partial charge on any atom is 0.310 e. The number of carbonyl (C=O) groups is 3. The van der Waals surface area contributed by atoms with Crippen LogP contribution in [0.3, 0.4) is 0 Å². The number of methoxy groups -OCH3 is 1. The van der Waals surface area contributed by atoms with Gasteiger partial charge in [-0.2, -0.15) is 0 Å². The molecule has 3 aromatic carbocycles. The lowest BCUT2D eigenvalue weighted by atomic mass is 9.97. The summed E-state index contributed by atoms with van der Waals surface area (Å²) in [4.78, 5) is 42.1. The van der Waals surface area contributed by atoms with Crippen LogP contribution in [-0.4, -0.2) is 49.5 Å². The molecule has 7 heteroatoms. The van der Waals surface area contributed by atoms with E-state index in [9.17, 15) is 14.4 Å². The third-order valence-electron chi connectivity index (χ3n) is 6.76. The first-order chi connectivity index (χ1) is 18.5. The summed E-state index contributed by atoms with van der Waals surface area (Å²) in [6.07, 6.45) is 1.77. The van der Waals surface area contributed by atoms with Crippen LogP contribution < -0.4 is 9.64 Å². The first-order valence-electron chi connectivity index (χ1n) is 13.0. The molecule has 1 unspecified atom stereocenters. The molecule has 0 bridgehead atoms. The van der Waals surface area contributed by atoms with Gasteiger partial charge in [0.05, 0.1) is 32.6 Å².